The Kier molecular flexibility index (Phi) is 4.79. The smallest absolute Gasteiger partial charge is 0.339 e. The summed E-state index contributed by atoms with van der Waals surface area (Å²) >= 11 is 0. The molecule has 0 aliphatic heterocycles. The molecule has 6 nitrogen and oxygen atoms in total. The second-order valence-corrected chi connectivity index (χ2v) is 3.42. The molecule has 0 radical (unpaired) electrons. The molecule has 0 fully saturated rings. The quantitative estimate of drug-likeness (QED) is 0.765. The summed E-state index contributed by atoms with van der Waals surface area (Å²) in [7, 11) is 2.73. The number of hydrogen-bond donors (Lipinski definition) is 2. The predicted octanol–water partition coefficient (Wildman–Crippen LogP) is 1.01. The van der Waals surface area contributed by atoms with Gasteiger partial charge in [-0.05, 0) is 13.0 Å². The van der Waals surface area contributed by atoms with Crippen molar-refractivity contribution in [1.82, 2.24) is 0 Å². The first kappa shape index (κ1) is 14.1. The van der Waals surface area contributed by atoms with Crippen molar-refractivity contribution in [1.29, 1.82) is 0 Å². The van der Waals surface area contributed by atoms with Crippen molar-refractivity contribution in [2.45, 2.75) is 13.0 Å². The standard InChI is InChI=1S/C12H16O6/c1-4-18-12(15)11(14)7-5-10(17-3)8(13)6-9(7)16-2/h5-6,11,13-14H,4H2,1-3H3. The highest BCUT2D eigenvalue weighted by atomic mass is 16.5. The summed E-state index contributed by atoms with van der Waals surface area (Å²) in [6, 6.07) is 2.59. The number of rotatable bonds is 5. The monoisotopic (exact) mass is 256 g/mol. The van der Waals surface area contributed by atoms with E-state index in [-0.39, 0.29) is 29.4 Å². The molecule has 1 aromatic rings. The second-order valence-electron chi connectivity index (χ2n) is 3.42. The maximum absolute atomic E-state index is 11.5. The molecular formula is C12H16O6. The van der Waals surface area contributed by atoms with Crippen LogP contribution in [-0.2, 0) is 9.53 Å². The fraction of sp³-hybridized carbons (Fsp3) is 0.417. The van der Waals surface area contributed by atoms with E-state index in [2.05, 4.69) is 0 Å². The molecule has 0 heterocycles. The first-order valence-electron chi connectivity index (χ1n) is 5.34. The van der Waals surface area contributed by atoms with E-state index < -0.39 is 12.1 Å². The van der Waals surface area contributed by atoms with E-state index in [0.717, 1.165) is 0 Å². The lowest BCUT2D eigenvalue weighted by atomic mass is 10.1. The number of phenolic OH excluding ortho intramolecular Hbond substituents is 1. The molecule has 1 aromatic carbocycles. The summed E-state index contributed by atoms with van der Waals surface area (Å²) in [5, 5.41) is 19.4. The van der Waals surface area contributed by atoms with E-state index in [1.807, 2.05) is 0 Å². The van der Waals surface area contributed by atoms with Crippen LogP contribution in [0.4, 0.5) is 0 Å². The van der Waals surface area contributed by atoms with Crippen molar-refractivity contribution in [2.24, 2.45) is 0 Å². The normalized spacial score (nSPS) is 11.8. The van der Waals surface area contributed by atoms with Gasteiger partial charge in [-0.1, -0.05) is 0 Å². The molecule has 18 heavy (non-hydrogen) atoms. The molecule has 0 aromatic heterocycles. The van der Waals surface area contributed by atoms with Gasteiger partial charge >= 0.3 is 5.97 Å². The summed E-state index contributed by atoms with van der Waals surface area (Å²) in [6.07, 6.45) is -1.49. The van der Waals surface area contributed by atoms with Crippen LogP contribution in [0.3, 0.4) is 0 Å². The van der Waals surface area contributed by atoms with Gasteiger partial charge in [-0.3, -0.25) is 0 Å². The number of methoxy groups -OCH3 is 2. The number of carbonyl (C=O) groups excluding carboxylic acids is 1. The average Bonchev–Trinajstić information content (AvgIpc) is 2.37. The molecule has 0 spiro atoms. The van der Waals surface area contributed by atoms with Crippen LogP contribution in [0.15, 0.2) is 12.1 Å². The number of phenols is 1. The molecule has 6 heteroatoms. The Morgan fingerprint density at radius 2 is 1.89 bits per heavy atom. The Bertz CT molecular complexity index is 429. The molecule has 100 valence electrons. The van der Waals surface area contributed by atoms with Crippen molar-refractivity contribution in [3.63, 3.8) is 0 Å². The minimum atomic E-state index is -1.49. The van der Waals surface area contributed by atoms with Gasteiger partial charge < -0.3 is 24.4 Å². The summed E-state index contributed by atoms with van der Waals surface area (Å²) in [5.41, 5.74) is 0.172. The van der Waals surface area contributed by atoms with Crippen LogP contribution < -0.4 is 9.47 Å². The fourth-order valence-electron chi connectivity index (χ4n) is 1.47. The SMILES string of the molecule is CCOC(=O)C(O)c1cc(OC)c(O)cc1OC. The largest absolute Gasteiger partial charge is 0.504 e. The van der Waals surface area contributed by atoms with Gasteiger partial charge in [-0.2, -0.15) is 0 Å². The maximum atomic E-state index is 11.5. The third-order valence-corrected chi connectivity index (χ3v) is 2.34. The first-order chi connectivity index (χ1) is 8.54. The maximum Gasteiger partial charge on any atom is 0.339 e. The van der Waals surface area contributed by atoms with Gasteiger partial charge in [-0.15, -0.1) is 0 Å². The molecule has 2 N–H and O–H groups in total. The Hall–Kier alpha value is -1.95. The lowest BCUT2D eigenvalue weighted by Gasteiger charge is -2.15. The van der Waals surface area contributed by atoms with Gasteiger partial charge in [-0.25, -0.2) is 4.79 Å². The van der Waals surface area contributed by atoms with Crippen LogP contribution in [0.2, 0.25) is 0 Å². The third kappa shape index (κ3) is 2.84. The highest BCUT2D eigenvalue weighted by Crippen LogP contribution is 2.37. The minimum absolute atomic E-state index is 0.133. The van der Waals surface area contributed by atoms with Gasteiger partial charge in [0.2, 0.25) is 0 Å². The lowest BCUT2D eigenvalue weighted by Crippen LogP contribution is -2.16. The van der Waals surface area contributed by atoms with E-state index in [1.54, 1.807) is 6.92 Å². The van der Waals surface area contributed by atoms with Crippen LogP contribution >= 0.6 is 0 Å². The third-order valence-electron chi connectivity index (χ3n) is 2.34. The van der Waals surface area contributed by atoms with Gasteiger partial charge in [0, 0.05) is 11.6 Å². The Balaban J connectivity index is 3.16. The van der Waals surface area contributed by atoms with E-state index >= 15 is 0 Å². The number of aliphatic hydroxyl groups is 1. The number of hydrogen-bond acceptors (Lipinski definition) is 6. The van der Waals surface area contributed by atoms with Crippen molar-refractivity contribution >= 4 is 5.97 Å². The van der Waals surface area contributed by atoms with E-state index in [1.165, 1.54) is 26.4 Å². The number of ether oxygens (including phenoxy) is 3. The zero-order valence-electron chi connectivity index (χ0n) is 10.5. The molecule has 1 rings (SSSR count). The highest BCUT2D eigenvalue weighted by molar-refractivity contribution is 5.78. The molecule has 0 aliphatic carbocycles. The number of carbonyl (C=O) groups is 1. The molecule has 1 atom stereocenters. The Morgan fingerprint density at radius 1 is 1.28 bits per heavy atom. The topological polar surface area (TPSA) is 85.2 Å². The van der Waals surface area contributed by atoms with Crippen molar-refractivity contribution in [2.75, 3.05) is 20.8 Å². The summed E-state index contributed by atoms with van der Waals surface area (Å²) in [4.78, 5) is 11.5. The van der Waals surface area contributed by atoms with Crippen molar-refractivity contribution in [3.05, 3.63) is 17.7 Å². The average molecular weight is 256 g/mol. The lowest BCUT2D eigenvalue weighted by molar-refractivity contribution is -0.153. The second kappa shape index (κ2) is 6.11. The molecule has 0 amide bonds. The number of benzene rings is 1. The zero-order valence-corrected chi connectivity index (χ0v) is 10.5. The minimum Gasteiger partial charge on any atom is -0.504 e. The fourth-order valence-corrected chi connectivity index (χ4v) is 1.47. The summed E-state index contributed by atoms with van der Waals surface area (Å²) in [5.74, 6) is -0.624. The Morgan fingerprint density at radius 3 is 2.39 bits per heavy atom. The predicted molar refractivity (Wildman–Crippen MR) is 62.8 cm³/mol. The molecule has 0 bridgehead atoms. The van der Waals surface area contributed by atoms with Crippen molar-refractivity contribution in [3.8, 4) is 17.2 Å². The zero-order chi connectivity index (χ0) is 13.7. The van der Waals surface area contributed by atoms with Gasteiger partial charge in [0.15, 0.2) is 17.6 Å². The van der Waals surface area contributed by atoms with E-state index in [0.29, 0.717) is 0 Å². The van der Waals surface area contributed by atoms with E-state index in [4.69, 9.17) is 14.2 Å². The van der Waals surface area contributed by atoms with Crippen LogP contribution in [0.5, 0.6) is 17.2 Å². The van der Waals surface area contributed by atoms with Gasteiger partial charge in [0.1, 0.15) is 5.75 Å². The van der Waals surface area contributed by atoms with Crippen LogP contribution in [0, 0.1) is 0 Å². The molecule has 1 unspecified atom stereocenters. The van der Waals surface area contributed by atoms with Crippen LogP contribution in [-0.4, -0.2) is 37.0 Å². The number of aliphatic hydroxyl groups excluding tert-OH is 1. The molecular weight excluding hydrogens is 240 g/mol. The molecule has 0 saturated heterocycles. The molecule has 0 saturated carbocycles. The Labute approximate surface area is 105 Å². The van der Waals surface area contributed by atoms with Crippen molar-refractivity contribution < 1.29 is 29.2 Å². The van der Waals surface area contributed by atoms with Crippen LogP contribution in [0.25, 0.3) is 0 Å². The first-order valence-corrected chi connectivity index (χ1v) is 5.34. The number of aromatic hydroxyl groups is 1. The number of esters is 1. The summed E-state index contributed by atoms with van der Waals surface area (Å²) in [6.45, 7) is 1.80. The van der Waals surface area contributed by atoms with Gasteiger partial charge in [0.05, 0.1) is 20.8 Å². The van der Waals surface area contributed by atoms with Crippen LogP contribution in [0.1, 0.15) is 18.6 Å². The van der Waals surface area contributed by atoms with E-state index in [9.17, 15) is 15.0 Å². The summed E-state index contributed by atoms with van der Waals surface area (Å²) < 4.78 is 14.6. The van der Waals surface area contributed by atoms with Gasteiger partial charge in [0.25, 0.3) is 0 Å². The molecule has 0 aliphatic rings. The highest BCUT2D eigenvalue weighted by Gasteiger charge is 2.24.